The molecule has 510 valence electrons. The van der Waals surface area contributed by atoms with Gasteiger partial charge in [-0.15, -0.1) is 0 Å². The van der Waals surface area contributed by atoms with Gasteiger partial charge in [0.05, 0.1) is 48.2 Å². The summed E-state index contributed by atoms with van der Waals surface area (Å²) < 4.78 is 42.7. The number of esters is 5. The van der Waals surface area contributed by atoms with Crippen LogP contribution in [0, 0.1) is 22.7 Å². The predicted octanol–water partition coefficient (Wildman–Crippen LogP) is 12.7. The number of aliphatic hydroxyl groups is 2. The molecular weight excluding hydrogens is 1190 g/mol. The maximum atomic E-state index is 16.0. The average molecular weight is 1290 g/mol. The maximum absolute atomic E-state index is 16.0. The van der Waals surface area contributed by atoms with Gasteiger partial charge in [0.2, 0.25) is 0 Å². The lowest BCUT2D eigenvalue weighted by Crippen LogP contribution is -2.85. The average Bonchev–Trinajstić information content (AvgIpc) is 0.661. The van der Waals surface area contributed by atoms with Gasteiger partial charge in [-0.1, -0.05) is 209 Å². The molecular formula is C75H103NO17. The zero-order valence-electron chi connectivity index (χ0n) is 56.3. The van der Waals surface area contributed by atoms with Crippen molar-refractivity contribution in [3.8, 4) is 0 Å². The van der Waals surface area contributed by atoms with Crippen molar-refractivity contribution in [1.82, 2.24) is 5.32 Å². The summed E-state index contributed by atoms with van der Waals surface area (Å²) in [7, 11) is 0. The third kappa shape index (κ3) is 17.9. The SMILES string of the molecule is CCCCCCCCCCCCCCCCCCCCCCOC(=O)COCC(=O)C[C@@H](C(=O)O[C@H]1C[C@@]2(O)[C@@H](OC(=O)c3ccccc3)[C@H]3[C@](C)(C(=O)[C@H](OC(C)=O)C(=C1C)C2(C)C)[C@@H](O)C[C@@]1(C)OC[C@@]31OC(C)=O)C(NC(=O)c1ccccc1)c1ccccc1. The number of unbranched alkanes of at least 4 members (excludes halogenated alkanes) is 19. The van der Waals surface area contributed by atoms with E-state index in [4.69, 9.17) is 33.2 Å². The van der Waals surface area contributed by atoms with Gasteiger partial charge in [-0.25, -0.2) is 9.59 Å². The second kappa shape index (κ2) is 34.2. The molecule has 1 saturated heterocycles. The zero-order valence-corrected chi connectivity index (χ0v) is 56.3. The van der Waals surface area contributed by atoms with E-state index in [-0.39, 0.29) is 41.9 Å². The largest absolute Gasteiger partial charge is 0.464 e. The van der Waals surface area contributed by atoms with Crippen molar-refractivity contribution in [1.29, 1.82) is 0 Å². The van der Waals surface area contributed by atoms with Gasteiger partial charge in [0.15, 0.2) is 23.3 Å². The van der Waals surface area contributed by atoms with E-state index in [2.05, 4.69) is 12.2 Å². The van der Waals surface area contributed by atoms with Crippen LogP contribution >= 0.6 is 0 Å². The molecule has 1 unspecified atom stereocenters. The first-order valence-corrected chi connectivity index (χ1v) is 34.2. The third-order valence-corrected chi connectivity index (χ3v) is 20.4. The van der Waals surface area contributed by atoms with E-state index >= 15 is 9.59 Å². The summed E-state index contributed by atoms with van der Waals surface area (Å²) in [4.78, 5) is 115. The normalized spacial score (nSPS) is 25.9. The zero-order chi connectivity index (χ0) is 67.4. The summed E-state index contributed by atoms with van der Waals surface area (Å²) in [5, 5.41) is 29.6. The minimum Gasteiger partial charge on any atom is -0.464 e. The Morgan fingerprint density at radius 3 is 1.67 bits per heavy atom. The van der Waals surface area contributed by atoms with Gasteiger partial charge in [-0.05, 0) is 68.2 Å². The van der Waals surface area contributed by atoms with Crippen LogP contribution in [0.2, 0.25) is 0 Å². The number of hydrogen-bond donors (Lipinski definition) is 3. The molecule has 0 radical (unpaired) electrons. The van der Waals surface area contributed by atoms with Gasteiger partial charge >= 0.3 is 29.8 Å². The Hall–Kier alpha value is -6.60. The summed E-state index contributed by atoms with van der Waals surface area (Å²) in [5.41, 5.74) is -8.98. The lowest BCUT2D eigenvalue weighted by molar-refractivity contribution is -0.383. The van der Waals surface area contributed by atoms with Crippen molar-refractivity contribution in [2.45, 2.75) is 250 Å². The van der Waals surface area contributed by atoms with E-state index in [0.717, 1.165) is 33.1 Å². The molecule has 11 atom stereocenters. The van der Waals surface area contributed by atoms with Crippen molar-refractivity contribution in [2.24, 2.45) is 22.7 Å². The molecule has 1 aliphatic heterocycles. The number of hydrogen-bond acceptors (Lipinski definition) is 17. The van der Waals surface area contributed by atoms with Crippen LogP contribution in [0.15, 0.2) is 102 Å². The number of aliphatic hydroxyl groups excluding tert-OH is 1. The molecule has 18 heteroatoms. The first-order chi connectivity index (χ1) is 44.4. The van der Waals surface area contributed by atoms with Crippen LogP contribution in [0.4, 0.5) is 0 Å². The minimum atomic E-state index is -2.48. The van der Waals surface area contributed by atoms with Crippen LogP contribution in [-0.2, 0) is 61.9 Å². The van der Waals surface area contributed by atoms with Crippen LogP contribution in [0.1, 0.15) is 235 Å². The van der Waals surface area contributed by atoms with E-state index in [9.17, 15) is 39.0 Å². The van der Waals surface area contributed by atoms with Gasteiger partial charge in [0.1, 0.15) is 36.6 Å². The molecule has 7 rings (SSSR count). The van der Waals surface area contributed by atoms with Crippen LogP contribution in [0.3, 0.4) is 0 Å². The predicted molar refractivity (Wildman–Crippen MR) is 349 cm³/mol. The molecule has 3 aliphatic carbocycles. The van der Waals surface area contributed by atoms with E-state index in [1.54, 1.807) is 107 Å². The first kappa shape index (κ1) is 73.8. The summed E-state index contributed by atoms with van der Waals surface area (Å²) in [5.74, 6) is -9.75. The van der Waals surface area contributed by atoms with Gasteiger partial charge in [-0.3, -0.25) is 28.8 Å². The fraction of sp³-hybridized carbons (Fsp3) is 0.627. The number of amides is 1. The number of rotatable bonds is 37. The summed E-state index contributed by atoms with van der Waals surface area (Å²) >= 11 is 0. The number of ketones is 2. The molecule has 2 bridgehead atoms. The Morgan fingerprint density at radius 2 is 1.16 bits per heavy atom. The highest BCUT2D eigenvalue weighted by Crippen LogP contribution is 2.67. The van der Waals surface area contributed by atoms with Crippen LogP contribution in [0.25, 0.3) is 0 Å². The lowest BCUT2D eigenvalue weighted by atomic mass is 9.42. The number of carbonyl (C=O) groups is 8. The number of benzene rings is 3. The topological polar surface area (TPSA) is 254 Å². The molecule has 18 nitrogen and oxygen atoms in total. The second-order valence-corrected chi connectivity index (χ2v) is 27.3. The van der Waals surface area contributed by atoms with Crippen molar-refractivity contribution in [3.05, 3.63) is 119 Å². The van der Waals surface area contributed by atoms with Crippen molar-refractivity contribution >= 4 is 47.3 Å². The van der Waals surface area contributed by atoms with Crippen molar-refractivity contribution in [2.75, 3.05) is 26.4 Å². The number of nitrogens with one attached hydrogen (secondary N) is 1. The Labute approximate surface area is 550 Å². The van der Waals surface area contributed by atoms with Crippen molar-refractivity contribution in [3.63, 3.8) is 0 Å². The summed E-state index contributed by atoms with van der Waals surface area (Å²) in [6.07, 6.45) is 16.5. The van der Waals surface area contributed by atoms with Crippen molar-refractivity contribution < 1.29 is 81.7 Å². The van der Waals surface area contributed by atoms with E-state index < -0.39 is 143 Å². The van der Waals surface area contributed by atoms with Gasteiger partial charge < -0.3 is 48.7 Å². The van der Waals surface area contributed by atoms with Crippen LogP contribution in [0.5, 0.6) is 0 Å². The molecule has 93 heavy (non-hydrogen) atoms. The second-order valence-electron chi connectivity index (χ2n) is 27.3. The minimum absolute atomic E-state index is 0.0305. The van der Waals surface area contributed by atoms with E-state index in [0.29, 0.717) is 12.0 Å². The molecule has 1 heterocycles. The Morgan fingerprint density at radius 1 is 0.645 bits per heavy atom. The highest BCUT2D eigenvalue weighted by Gasteiger charge is 2.81. The maximum Gasteiger partial charge on any atom is 0.338 e. The Bertz CT molecular complexity index is 3020. The summed E-state index contributed by atoms with van der Waals surface area (Å²) in [6.45, 7) is 10.8. The first-order valence-electron chi connectivity index (χ1n) is 34.2. The van der Waals surface area contributed by atoms with E-state index in [1.165, 1.54) is 122 Å². The highest BCUT2D eigenvalue weighted by atomic mass is 16.6. The smallest absolute Gasteiger partial charge is 0.338 e. The molecule has 2 saturated carbocycles. The fourth-order valence-electron chi connectivity index (χ4n) is 14.9. The number of ether oxygens (including phenoxy) is 7. The molecule has 0 aromatic heterocycles. The van der Waals surface area contributed by atoms with Crippen LogP contribution < -0.4 is 5.32 Å². The molecule has 3 aromatic rings. The van der Waals surface area contributed by atoms with Crippen LogP contribution in [-0.4, -0.2) is 125 Å². The lowest BCUT2D eigenvalue weighted by Gasteiger charge is -2.70. The highest BCUT2D eigenvalue weighted by molar-refractivity contribution is 5.97. The third-order valence-electron chi connectivity index (χ3n) is 20.4. The standard InChI is InChI=1S/C75H103NO17/c1-9-10-11-12-13-14-15-16-17-18-19-20-21-22-23-24-25-26-27-37-44-88-61(81)49-87-48-57(79)45-58(63(54-38-31-28-32-39-54)76-68(83)55-40-33-29-34-41-55)70(85)91-59-46-74(86)67(92-69(84)56-42-35-30-36-43-56)65-73(8,60(80)47-72(7)75(65,50-89-72)93-53(4)78)66(82)64(90-52(3)77)62(51(59)2)71(74,5)6/h28-36,38-43,58-60,63-65,67,80,86H,9-27,37,44-50H2,1-8H3,(H,76,83)/t58-,59+,60+,63?,64-,65+,67+,72-,73-,74-,75-/m1/s1. The monoisotopic (exact) mass is 1290 g/mol. The van der Waals surface area contributed by atoms with Gasteiger partial charge in [-0.2, -0.15) is 0 Å². The molecule has 3 N–H and O–H groups in total. The molecule has 1 amide bonds. The molecule has 4 aliphatic rings. The molecule has 3 fully saturated rings. The Kier molecular flexibility index (Phi) is 27.1. The fourth-order valence-corrected chi connectivity index (χ4v) is 14.9. The van der Waals surface area contributed by atoms with E-state index in [1.807, 2.05) is 0 Å². The molecule has 0 spiro atoms. The summed E-state index contributed by atoms with van der Waals surface area (Å²) in [6, 6.07) is 23.3. The number of fused-ring (bicyclic) bond motifs is 5. The van der Waals surface area contributed by atoms with Gasteiger partial charge in [0, 0.05) is 44.1 Å². The Balaban J connectivity index is 1.08. The molecule has 3 aromatic carbocycles. The van der Waals surface area contributed by atoms with Gasteiger partial charge in [0.25, 0.3) is 5.91 Å². The number of Topliss-reactive ketones (excluding diaryl/α,β-unsaturated/α-hetero) is 2. The number of carbonyl (C=O) groups excluding carboxylic acids is 8. The quantitative estimate of drug-likeness (QED) is 0.0210.